The van der Waals surface area contributed by atoms with E-state index >= 15 is 0 Å². The van der Waals surface area contributed by atoms with Crippen LogP contribution in [0.4, 0.5) is 0 Å². The molecule has 6 heteroatoms. The zero-order valence-corrected chi connectivity index (χ0v) is 8.36. The van der Waals surface area contributed by atoms with E-state index in [0.29, 0.717) is 0 Å². The first kappa shape index (κ1) is 50.8. The molecule has 53 valence electrons. The summed E-state index contributed by atoms with van der Waals surface area (Å²) >= 11 is 0. The topological polar surface area (TPSA) is 68.3 Å². The standard InChI is InChI=1S/4CO.Co.Sn/c4*1-2;;. The molecule has 4 nitrogen and oxygen atoms in total. The van der Waals surface area contributed by atoms with Crippen molar-refractivity contribution in [3.63, 3.8) is 0 Å². The van der Waals surface area contributed by atoms with Gasteiger partial charge in [-0.05, 0) is 0 Å². The van der Waals surface area contributed by atoms with Gasteiger partial charge in [0.2, 0.25) is 0 Å². The average molecular weight is 290 g/mol. The average Bonchev–Trinajstić information content (AvgIpc) is 2.03. The van der Waals surface area contributed by atoms with Crippen molar-refractivity contribution in [3.8, 4) is 0 Å². The first-order valence-electron chi connectivity index (χ1n) is 0.816. The summed E-state index contributed by atoms with van der Waals surface area (Å²) in [6.45, 7) is 18.0. The predicted octanol–water partition coefficient (Wildman–Crippen LogP) is -1.97. The normalized spacial score (nSPS) is 1.60. The Bertz CT molecular complexity index is 25.2. The van der Waals surface area contributed by atoms with Crippen molar-refractivity contribution in [3.05, 3.63) is 0 Å². The smallest absolute Gasteiger partial charge is 0.281 e. The number of rotatable bonds is 0. The third-order valence-electron chi connectivity index (χ3n) is 0. The summed E-state index contributed by atoms with van der Waals surface area (Å²) in [7, 11) is 0. The zero-order chi connectivity index (χ0) is 8.00. The van der Waals surface area contributed by atoms with E-state index in [2.05, 4.69) is 27.2 Å². The molecule has 0 heterocycles. The van der Waals surface area contributed by atoms with E-state index in [0.717, 1.165) is 0 Å². The Kier molecular flexibility index (Phi) is 13300000. The second-order valence-electron chi connectivity index (χ2n) is 0. The van der Waals surface area contributed by atoms with Gasteiger partial charge >= 0.3 is 0 Å². The summed E-state index contributed by atoms with van der Waals surface area (Å²) < 4.78 is 0. The number of hydrogen-bond acceptors (Lipinski definition) is 4. The van der Waals surface area contributed by atoms with Gasteiger partial charge in [0, 0.05) is 40.7 Å². The van der Waals surface area contributed by atoms with Crippen molar-refractivity contribution in [1.82, 2.24) is 0 Å². The van der Waals surface area contributed by atoms with Gasteiger partial charge in [-0.3, -0.25) is 19.2 Å². The zero-order valence-electron chi connectivity index (χ0n) is 4.47. The first-order chi connectivity index (χ1) is 4.00. The van der Waals surface area contributed by atoms with Gasteiger partial charge in [0.1, 0.15) is 0 Å². The van der Waals surface area contributed by atoms with E-state index in [-0.39, 0.29) is 40.7 Å². The van der Waals surface area contributed by atoms with Crippen molar-refractivity contribution >= 4 is 51.1 Å². The van der Waals surface area contributed by atoms with Crippen LogP contribution in [0, 0.1) is 0 Å². The van der Waals surface area contributed by atoms with Crippen LogP contribution in [0.15, 0.2) is 0 Å². The molecule has 0 saturated carbocycles. The minimum Gasteiger partial charge on any atom is -0.281 e. The maximum absolute atomic E-state index is 7.50. The van der Waals surface area contributed by atoms with Gasteiger partial charge in [-0.2, -0.15) is 0 Å². The molecule has 0 aliphatic carbocycles. The van der Waals surface area contributed by atoms with Crippen LogP contribution >= 0.6 is 0 Å². The van der Waals surface area contributed by atoms with Gasteiger partial charge < -0.3 is 0 Å². The van der Waals surface area contributed by atoms with E-state index < -0.39 is 0 Å². The molecule has 0 aliphatic rings. The molecule has 0 bridgehead atoms. The second kappa shape index (κ2) is 2610000. The molecule has 0 unspecified atom stereocenters. The van der Waals surface area contributed by atoms with Gasteiger partial charge in [0.15, 0.2) is 0 Å². The van der Waals surface area contributed by atoms with Gasteiger partial charge in [-0.25, -0.2) is 0 Å². The molecule has 13 radical (unpaired) electrons. The molecule has 10 heavy (non-hydrogen) atoms. The van der Waals surface area contributed by atoms with Crippen molar-refractivity contribution in [2.24, 2.45) is 0 Å². The van der Waals surface area contributed by atoms with Crippen molar-refractivity contribution in [2.45, 2.75) is 0 Å². The van der Waals surface area contributed by atoms with Crippen LogP contribution in [0.5, 0.6) is 0 Å². The van der Waals surface area contributed by atoms with Crippen LogP contribution < -0.4 is 0 Å². The largest absolute Gasteiger partial charge is 0.281 e. The van der Waals surface area contributed by atoms with Crippen LogP contribution in [0.2, 0.25) is 0 Å². The molecule has 0 N–H and O–H groups in total. The predicted molar refractivity (Wildman–Crippen MR) is 28.5 cm³/mol. The fraction of sp³-hybridized carbons (Fsp3) is 0. The molecule has 0 rings (SSSR count). The van der Waals surface area contributed by atoms with Crippen LogP contribution in [-0.4, -0.2) is 51.1 Å². The molecule has 0 spiro atoms. The van der Waals surface area contributed by atoms with Crippen LogP contribution in [0.25, 0.3) is 0 Å². The Morgan fingerprint density at radius 1 is 0.500 bits per heavy atom. The fourth-order valence-electron chi connectivity index (χ4n) is 0. The molecule has 0 aromatic heterocycles. The van der Waals surface area contributed by atoms with Crippen molar-refractivity contribution in [2.75, 3.05) is 0 Å². The minimum atomic E-state index is 0. The molecule has 0 amide bonds. The Balaban J connectivity index is -0.00000000500. The molecular formula is C4CoO4Sn. The van der Waals surface area contributed by atoms with E-state index in [4.69, 9.17) is 19.2 Å². The summed E-state index contributed by atoms with van der Waals surface area (Å²) in [5.41, 5.74) is 0. The summed E-state index contributed by atoms with van der Waals surface area (Å²) in [6.07, 6.45) is 0. The number of hydrogen-bond donors (Lipinski definition) is 0. The van der Waals surface area contributed by atoms with Crippen molar-refractivity contribution < 1.29 is 36.0 Å². The molecule has 0 atom stereocenters. The fourth-order valence-corrected chi connectivity index (χ4v) is 0. The Labute approximate surface area is 86.9 Å². The summed E-state index contributed by atoms with van der Waals surface area (Å²) in [5, 5.41) is 0. The maximum Gasteiger partial charge on any atom is 0.281 e. The van der Waals surface area contributed by atoms with E-state index in [9.17, 15) is 0 Å². The minimum absolute atomic E-state index is 0. The van der Waals surface area contributed by atoms with Crippen LogP contribution in [0.3, 0.4) is 0 Å². The Morgan fingerprint density at radius 2 is 0.500 bits per heavy atom. The SMILES string of the molecule is [C]=O.[C]=O.[C]=O.[C]=O.[Co].[Sn]. The number of carbonyl (C=O) groups excluding carboxylic acids is 4. The van der Waals surface area contributed by atoms with Crippen molar-refractivity contribution in [1.29, 1.82) is 0 Å². The van der Waals surface area contributed by atoms with Crippen LogP contribution in [0.1, 0.15) is 0 Å². The quantitative estimate of drug-likeness (QED) is 0.485. The van der Waals surface area contributed by atoms with E-state index in [1.807, 2.05) is 0 Å². The molecule has 0 aliphatic heterocycles. The first-order valence-corrected chi connectivity index (χ1v) is 0.816. The van der Waals surface area contributed by atoms with Gasteiger partial charge in [0.05, 0.1) is 0 Å². The third kappa shape index (κ3) is 1780000. The Morgan fingerprint density at radius 3 is 0.500 bits per heavy atom. The van der Waals surface area contributed by atoms with E-state index in [1.54, 1.807) is 0 Å². The van der Waals surface area contributed by atoms with E-state index in [1.165, 1.54) is 0 Å². The summed E-state index contributed by atoms with van der Waals surface area (Å²) in [5.74, 6) is 0. The molecule has 0 aromatic rings. The Hall–Kier alpha value is -0.0148. The second-order valence-corrected chi connectivity index (χ2v) is 0. The van der Waals surface area contributed by atoms with Gasteiger partial charge in [-0.1, -0.05) is 0 Å². The van der Waals surface area contributed by atoms with Gasteiger partial charge in [0.25, 0.3) is 27.2 Å². The molecule has 0 aromatic carbocycles. The molecular weight excluding hydrogens is 290 g/mol. The third-order valence-corrected chi connectivity index (χ3v) is 0. The maximum atomic E-state index is 7.50. The summed E-state index contributed by atoms with van der Waals surface area (Å²) in [4.78, 5) is 30.0. The molecule has 0 fully saturated rings. The van der Waals surface area contributed by atoms with Crippen LogP contribution in [-0.2, 0) is 36.0 Å². The van der Waals surface area contributed by atoms with Gasteiger partial charge in [-0.15, -0.1) is 0 Å². The monoisotopic (exact) mass is 291 g/mol. The molecule has 0 saturated heterocycles. The summed E-state index contributed by atoms with van der Waals surface area (Å²) in [6, 6.07) is 0.